The van der Waals surface area contributed by atoms with Crippen LogP contribution in [-0.4, -0.2) is 42.3 Å². The molecule has 3 aromatic rings. The molecule has 0 N–H and O–H groups in total. The molecule has 10 nitrogen and oxygen atoms in total. The molecule has 2 heterocycles. The van der Waals surface area contributed by atoms with Gasteiger partial charge in [0.15, 0.2) is 12.4 Å². The van der Waals surface area contributed by atoms with Crippen LogP contribution in [-0.2, 0) is 20.3 Å². The summed E-state index contributed by atoms with van der Waals surface area (Å²) in [5.74, 6) is -1.19. The van der Waals surface area contributed by atoms with Gasteiger partial charge in [0.05, 0.1) is 17.2 Å². The summed E-state index contributed by atoms with van der Waals surface area (Å²) in [6.07, 6.45) is 3.14. The van der Waals surface area contributed by atoms with Crippen LogP contribution in [0.2, 0.25) is 0 Å². The molecular formula is C17H17FN6O4. The molecule has 11 heteroatoms. The molecule has 146 valence electrons. The highest BCUT2D eigenvalue weighted by atomic mass is 19.1. The minimum Gasteiger partial charge on any atom is -0.464 e. The van der Waals surface area contributed by atoms with Crippen LogP contribution in [0.5, 0.6) is 5.75 Å². The van der Waals surface area contributed by atoms with E-state index in [4.69, 9.17) is 4.74 Å². The second-order valence-electron chi connectivity index (χ2n) is 5.99. The fourth-order valence-electron chi connectivity index (χ4n) is 2.50. The highest BCUT2D eigenvalue weighted by Gasteiger charge is 2.18. The number of hydrogen-bond donors (Lipinski definition) is 0. The SMILES string of the molecule is CN(Cc1ccnn1C)C(=O)c1ccn(COc2cc(F)ccc2[N+](=O)[O-])n1. The van der Waals surface area contributed by atoms with E-state index in [1.807, 2.05) is 6.07 Å². The second kappa shape index (κ2) is 7.86. The number of halogens is 1. The summed E-state index contributed by atoms with van der Waals surface area (Å²) < 4.78 is 21.6. The Balaban J connectivity index is 1.66. The van der Waals surface area contributed by atoms with Crippen LogP contribution in [0.3, 0.4) is 0 Å². The van der Waals surface area contributed by atoms with Crippen molar-refractivity contribution in [1.82, 2.24) is 24.5 Å². The fraction of sp³-hybridized carbons (Fsp3) is 0.235. The Morgan fingerprint density at radius 1 is 1.36 bits per heavy atom. The van der Waals surface area contributed by atoms with Gasteiger partial charge < -0.3 is 9.64 Å². The summed E-state index contributed by atoms with van der Waals surface area (Å²) in [6, 6.07) is 6.24. The van der Waals surface area contributed by atoms with E-state index in [2.05, 4.69) is 10.2 Å². The third-order valence-electron chi connectivity index (χ3n) is 4.00. The number of carbonyl (C=O) groups is 1. The third kappa shape index (κ3) is 4.14. The number of carbonyl (C=O) groups excluding carboxylic acids is 1. The Labute approximate surface area is 158 Å². The van der Waals surface area contributed by atoms with Crippen molar-refractivity contribution < 1.29 is 18.8 Å². The van der Waals surface area contributed by atoms with Crippen molar-refractivity contribution in [3.05, 3.63) is 70.0 Å². The van der Waals surface area contributed by atoms with Gasteiger partial charge in [-0.05, 0) is 18.2 Å². The Hall–Kier alpha value is -3.76. The van der Waals surface area contributed by atoms with Crippen molar-refractivity contribution in [2.24, 2.45) is 7.05 Å². The predicted octanol–water partition coefficient (Wildman–Crippen LogP) is 1.97. The molecule has 2 aromatic heterocycles. The molecule has 0 bridgehead atoms. The largest absolute Gasteiger partial charge is 0.464 e. The Morgan fingerprint density at radius 3 is 2.82 bits per heavy atom. The van der Waals surface area contributed by atoms with E-state index in [1.165, 1.54) is 21.8 Å². The number of amides is 1. The molecule has 0 radical (unpaired) electrons. The average Bonchev–Trinajstić information content (AvgIpc) is 3.28. The topological polar surface area (TPSA) is 108 Å². The first-order chi connectivity index (χ1) is 13.3. The van der Waals surface area contributed by atoms with Crippen molar-refractivity contribution in [1.29, 1.82) is 0 Å². The van der Waals surface area contributed by atoms with Crippen LogP contribution >= 0.6 is 0 Å². The number of benzene rings is 1. The van der Waals surface area contributed by atoms with Gasteiger partial charge in [0.1, 0.15) is 5.82 Å². The molecule has 0 atom stereocenters. The van der Waals surface area contributed by atoms with Crippen molar-refractivity contribution in [3.63, 3.8) is 0 Å². The number of aryl methyl sites for hydroxylation is 1. The van der Waals surface area contributed by atoms with Crippen LogP contribution < -0.4 is 4.74 Å². The van der Waals surface area contributed by atoms with Crippen molar-refractivity contribution >= 4 is 11.6 Å². The minimum atomic E-state index is -0.666. The van der Waals surface area contributed by atoms with Gasteiger partial charge in [-0.2, -0.15) is 10.2 Å². The zero-order valence-electron chi connectivity index (χ0n) is 15.1. The molecule has 1 amide bonds. The third-order valence-corrected chi connectivity index (χ3v) is 4.00. The van der Waals surface area contributed by atoms with E-state index in [-0.39, 0.29) is 29.8 Å². The van der Waals surface area contributed by atoms with Crippen molar-refractivity contribution in [3.8, 4) is 5.75 Å². The monoisotopic (exact) mass is 388 g/mol. The van der Waals surface area contributed by atoms with E-state index in [0.717, 1.165) is 23.9 Å². The lowest BCUT2D eigenvalue weighted by atomic mass is 10.3. The summed E-state index contributed by atoms with van der Waals surface area (Å²) in [6.45, 7) is 0.136. The fourth-order valence-corrected chi connectivity index (χ4v) is 2.50. The maximum absolute atomic E-state index is 13.3. The highest BCUT2D eigenvalue weighted by Crippen LogP contribution is 2.27. The summed E-state index contributed by atoms with van der Waals surface area (Å²) in [7, 11) is 3.42. The number of nitrogens with zero attached hydrogens (tertiary/aromatic N) is 6. The van der Waals surface area contributed by atoms with E-state index >= 15 is 0 Å². The Morgan fingerprint density at radius 2 is 2.14 bits per heavy atom. The van der Waals surface area contributed by atoms with Gasteiger partial charge in [-0.1, -0.05) is 0 Å². The van der Waals surface area contributed by atoms with Crippen LogP contribution in [0.1, 0.15) is 16.2 Å². The van der Waals surface area contributed by atoms with E-state index in [9.17, 15) is 19.3 Å². The smallest absolute Gasteiger partial charge is 0.311 e. The zero-order chi connectivity index (χ0) is 20.3. The molecular weight excluding hydrogens is 371 g/mol. The summed E-state index contributed by atoms with van der Waals surface area (Å²) >= 11 is 0. The Kier molecular flexibility index (Phi) is 5.34. The van der Waals surface area contributed by atoms with Gasteiger partial charge in [0, 0.05) is 38.6 Å². The van der Waals surface area contributed by atoms with Gasteiger partial charge in [-0.3, -0.25) is 19.6 Å². The molecule has 0 aliphatic carbocycles. The number of nitro groups is 1. The van der Waals surface area contributed by atoms with Gasteiger partial charge in [-0.15, -0.1) is 0 Å². The summed E-state index contributed by atoms with van der Waals surface area (Å²) in [5.41, 5.74) is 0.680. The summed E-state index contributed by atoms with van der Waals surface area (Å²) in [4.78, 5) is 24.3. The van der Waals surface area contributed by atoms with E-state index < -0.39 is 10.7 Å². The first-order valence-electron chi connectivity index (χ1n) is 8.17. The number of aromatic nitrogens is 4. The van der Waals surface area contributed by atoms with E-state index in [1.54, 1.807) is 25.0 Å². The molecule has 0 fully saturated rings. The molecule has 1 aromatic carbocycles. The number of ether oxygens (including phenoxy) is 1. The Bertz CT molecular complexity index is 1010. The normalized spacial score (nSPS) is 10.7. The molecule has 0 aliphatic rings. The van der Waals surface area contributed by atoms with Crippen molar-refractivity contribution in [2.75, 3.05) is 7.05 Å². The quantitative estimate of drug-likeness (QED) is 0.452. The number of nitro benzene ring substituents is 1. The number of hydrogen-bond acceptors (Lipinski definition) is 6. The van der Waals surface area contributed by atoms with Gasteiger partial charge in [0.25, 0.3) is 5.91 Å². The van der Waals surface area contributed by atoms with Gasteiger partial charge >= 0.3 is 5.69 Å². The minimum absolute atomic E-state index is 0.182. The molecule has 0 saturated heterocycles. The average molecular weight is 388 g/mol. The predicted molar refractivity (Wildman–Crippen MR) is 94.9 cm³/mol. The number of rotatable bonds is 7. The van der Waals surface area contributed by atoms with Crippen molar-refractivity contribution in [2.45, 2.75) is 13.3 Å². The highest BCUT2D eigenvalue weighted by molar-refractivity contribution is 5.91. The molecule has 0 saturated carbocycles. The van der Waals surface area contributed by atoms with Crippen LogP contribution in [0.15, 0.2) is 42.7 Å². The molecule has 28 heavy (non-hydrogen) atoms. The zero-order valence-corrected chi connectivity index (χ0v) is 15.1. The second-order valence-corrected chi connectivity index (χ2v) is 5.99. The first-order valence-corrected chi connectivity index (χ1v) is 8.17. The molecule has 0 spiro atoms. The van der Waals surface area contributed by atoms with Crippen LogP contribution in [0, 0.1) is 15.9 Å². The lowest BCUT2D eigenvalue weighted by Gasteiger charge is -2.15. The van der Waals surface area contributed by atoms with E-state index in [0.29, 0.717) is 6.54 Å². The molecule has 0 unspecified atom stereocenters. The van der Waals surface area contributed by atoms with Crippen LogP contribution in [0.4, 0.5) is 10.1 Å². The standard InChI is InChI=1S/C17H17FN6O4/c1-21(10-13-5-7-19-22(13)2)17(25)14-6-8-23(20-14)11-28-16-9-12(18)3-4-15(16)24(26)27/h3-9H,10-11H2,1-2H3. The maximum atomic E-state index is 13.3. The molecule has 0 aliphatic heterocycles. The lowest BCUT2D eigenvalue weighted by Crippen LogP contribution is -2.27. The lowest BCUT2D eigenvalue weighted by molar-refractivity contribution is -0.386. The van der Waals surface area contributed by atoms with Crippen LogP contribution in [0.25, 0.3) is 0 Å². The van der Waals surface area contributed by atoms with Gasteiger partial charge in [0.2, 0.25) is 5.75 Å². The first kappa shape index (κ1) is 19.0. The summed E-state index contributed by atoms with van der Waals surface area (Å²) in [5, 5.41) is 19.2. The van der Waals surface area contributed by atoms with Gasteiger partial charge in [-0.25, -0.2) is 9.07 Å². The maximum Gasteiger partial charge on any atom is 0.311 e. The molecule has 3 rings (SSSR count).